The quantitative estimate of drug-likeness (QED) is 0.184. The lowest BCUT2D eigenvalue weighted by molar-refractivity contribution is 1.18. The molecule has 0 atom stereocenters. The van der Waals surface area contributed by atoms with Gasteiger partial charge in [0.2, 0.25) is 0 Å². The summed E-state index contributed by atoms with van der Waals surface area (Å²) >= 11 is 0. The highest BCUT2D eigenvalue weighted by Crippen LogP contribution is 2.36. The Morgan fingerprint density at radius 3 is 1.50 bits per heavy atom. The number of hydrogen-bond acceptors (Lipinski definition) is 1. The summed E-state index contributed by atoms with van der Waals surface area (Å²) in [6.07, 6.45) is 0. The number of anilines is 2. The lowest BCUT2D eigenvalue weighted by Gasteiger charge is -2.11. The maximum Gasteiger partial charge on any atom is 0.0541 e. The van der Waals surface area contributed by atoms with E-state index in [0.717, 1.165) is 11.4 Å². The molecule has 9 rings (SSSR count). The zero-order valence-corrected chi connectivity index (χ0v) is 27.5. The molecule has 0 radical (unpaired) electrons. The molecule has 0 amide bonds. The molecule has 0 aliphatic rings. The summed E-state index contributed by atoms with van der Waals surface area (Å²) in [6.45, 7) is 0. The van der Waals surface area contributed by atoms with Crippen LogP contribution < -0.4 is 5.32 Å². The molecule has 9 aromatic rings. The van der Waals surface area contributed by atoms with Crippen molar-refractivity contribution < 1.29 is 0 Å². The number of nitrogens with one attached hydrogen (secondary N) is 1. The summed E-state index contributed by atoms with van der Waals surface area (Å²) in [5.41, 5.74) is 15.4. The smallest absolute Gasteiger partial charge is 0.0541 e. The first-order chi connectivity index (χ1) is 24.8. The van der Waals surface area contributed by atoms with Crippen LogP contribution in [0.25, 0.3) is 72.0 Å². The fraction of sp³-hybridized carbons (Fsp3) is 0. The van der Waals surface area contributed by atoms with E-state index in [9.17, 15) is 0 Å². The van der Waals surface area contributed by atoms with E-state index in [0.29, 0.717) is 0 Å². The first kappa shape index (κ1) is 29.5. The highest BCUT2D eigenvalue weighted by molar-refractivity contribution is 6.10. The Morgan fingerprint density at radius 1 is 0.280 bits per heavy atom. The number of benzene rings is 8. The molecule has 1 heterocycles. The predicted octanol–water partition coefficient (Wildman–Crippen LogP) is 13.2. The van der Waals surface area contributed by atoms with Crippen LogP contribution in [-0.2, 0) is 0 Å². The Bertz CT molecular complexity index is 2580. The number of hydrogen-bond donors (Lipinski definition) is 1. The van der Waals surface area contributed by atoms with Crippen LogP contribution in [0, 0.1) is 0 Å². The third-order valence-electron chi connectivity index (χ3n) is 9.58. The van der Waals surface area contributed by atoms with Crippen LogP contribution in [-0.4, -0.2) is 4.57 Å². The molecule has 0 bridgehead atoms. The maximum absolute atomic E-state index is 3.59. The van der Waals surface area contributed by atoms with E-state index >= 15 is 0 Å². The van der Waals surface area contributed by atoms with Gasteiger partial charge in [-0.05, 0) is 105 Å². The predicted molar refractivity (Wildman–Crippen MR) is 212 cm³/mol. The molecule has 0 spiro atoms. The van der Waals surface area contributed by atoms with Gasteiger partial charge in [0.1, 0.15) is 0 Å². The molecule has 8 aromatic carbocycles. The average molecular weight is 639 g/mol. The van der Waals surface area contributed by atoms with Crippen LogP contribution in [0.3, 0.4) is 0 Å². The van der Waals surface area contributed by atoms with Gasteiger partial charge in [0, 0.05) is 27.8 Å². The summed E-state index contributed by atoms with van der Waals surface area (Å²) in [5.74, 6) is 0. The van der Waals surface area contributed by atoms with Gasteiger partial charge in [-0.25, -0.2) is 0 Å². The molecule has 0 aliphatic carbocycles. The number of aromatic nitrogens is 1. The minimum absolute atomic E-state index is 1.06. The van der Waals surface area contributed by atoms with Crippen LogP contribution in [0.5, 0.6) is 0 Å². The van der Waals surface area contributed by atoms with Crippen LogP contribution in [0.2, 0.25) is 0 Å². The van der Waals surface area contributed by atoms with E-state index in [1.54, 1.807) is 0 Å². The maximum atomic E-state index is 3.59. The van der Waals surface area contributed by atoms with E-state index in [1.165, 1.54) is 72.0 Å². The van der Waals surface area contributed by atoms with Gasteiger partial charge in [0.05, 0.1) is 11.0 Å². The number of nitrogens with zero attached hydrogens (tertiary/aromatic N) is 1. The van der Waals surface area contributed by atoms with Crippen molar-refractivity contribution in [2.24, 2.45) is 0 Å². The van der Waals surface area contributed by atoms with Crippen molar-refractivity contribution in [1.82, 2.24) is 4.57 Å². The third-order valence-corrected chi connectivity index (χ3v) is 9.58. The standard InChI is InChI=1S/C48H34N2/c1-3-11-34(12-4-1)35-25-28-42(29-26-35)49-43-16-10-15-40(32-43)39-14-9-13-38(31-39)36-21-23-37(24-22-36)41-27-30-48-46(33-41)45-19-7-8-20-47(45)50(48)44-17-5-2-6-18-44/h1-33,49H. The van der Waals surface area contributed by atoms with E-state index < -0.39 is 0 Å². The second-order valence-corrected chi connectivity index (χ2v) is 12.7. The van der Waals surface area contributed by atoms with Gasteiger partial charge in [-0.2, -0.15) is 0 Å². The zero-order valence-electron chi connectivity index (χ0n) is 27.5. The highest BCUT2D eigenvalue weighted by Gasteiger charge is 2.13. The molecule has 0 aliphatic heterocycles. The van der Waals surface area contributed by atoms with Crippen molar-refractivity contribution in [1.29, 1.82) is 0 Å². The summed E-state index contributed by atoms with van der Waals surface area (Å²) in [7, 11) is 0. The minimum Gasteiger partial charge on any atom is -0.356 e. The lowest BCUT2D eigenvalue weighted by atomic mass is 9.96. The fourth-order valence-corrected chi connectivity index (χ4v) is 7.06. The molecule has 50 heavy (non-hydrogen) atoms. The lowest BCUT2D eigenvalue weighted by Crippen LogP contribution is -1.92. The first-order valence-corrected chi connectivity index (χ1v) is 17.1. The molecular formula is C48H34N2. The number of para-hydroxylation sites is 2. The summed E-state index contributed by atoms with van der Waals surface area (Å²) in [5, 5.41) is 6.12. The fourth-order valence-electron chi connectivity index (χ4n) is 7.06. The molecule has 0 unspecified atom stereocenters. The summed E-state index contributed by atoms with van der Waals surface area (Å²) in [6, 6.07) is 71.7. The molecule has 2 heteroatoms. The molecule has 236 valence electrons. The van der Waals surface area contributed by atoms with Crippen molar-refractivity contribution >= 4 is 33.2 Å². The van der Waals surface area contributed by atoms with Gasteiger partial charge >= 0.3 is 0 Å². The highest BCUT2D eigenvalue weighted by atomic mass is 15.0. The molecule has 0 saturated carbocycles. The van der Waals surface area contributed by atoms with Gasteiger partial charge in [0.25, 0.3) is 0 Å². The minimum atomic E-state index is 1.06. The van der Waals surface area contributed by atoms with E-state index in [-0.39, 0.29) is 0 Å². The van der Waals surface area contributed by atoms with E-state index in [4.69, 9.17) is 0 Å². The van der Waals surface area contributed by atoms with Crippen molar-refractivity contribution in [3.8, 4) is 50.2 Å². The van der Waals surface area contributed by atoms with Crippen molar-refractivity contribution in [2.75, 3.05) is 5.32 Å². The van der Waals surface area contributed by atoms with Gasteiger partial charge in [-0.15, -0.1) is 0 Å². The normalized spacial score (nSPS) is 11.2. The largest absolute Gasteiger partial charge is 0.356 e. The van der Waals surface area contributed by atoms with Gasteiger partial charge in [-0.1, -0.05) is 140 Å². The summed E-state index contributed by atoms with van der Waals surface area (Å²) in [4.78, 5) is 0. The number of rotatable bonds is 7. The van der Waals surface area contributed by atoms with Crippen LogP contribution in [0.4, 0.5) is 11.4 Å². The molecule has 0 saturated heterocycles. The monoisotopic (exact) mass is 638 g/mol. The van der Waals surface area contributed by atoms with E-state index in [2.05, 4.69) is 204 Å². The van der Waals surface area contributed by atoms with Crippen molar-refractivity contribution in [2.45, 2.75) is 0 Å². The van der Waals surface area contributed by atoms with Gasteiger partial charge in [0.15, 0.2) is 0 Å². The summed E-state index contributed by atoms with van der Waals surface area (Å²) < 4.78 is 2.36. The third kappa shape index (κ3) is 5.63. The average Bonchev–Trinajstić information content (AvgIpc) is 3.53. The molecule has 1 aromatic heterocycles. The Kier molecular flexibility index (Phi) is 7.53. The van der Waals surface area contributed by atoms with Crippen LogP contribution >= 0.6 is 0 Å². The molecular weight excluding hydrogens is 605 g/mol. The van der Waals surface area contributed by atoms with Crippen LogP contribution in [0.1, 0.15) is 0 Å². The number of fused-ring (bicyclic) bond motifs is 3. The Labute approximate surface area is 292 Å². The van der Waals surface area contributed by atoms with E-state index in [1.807, 2.05) is 6.07 Å². The topological polar surface area (TPSA) is 17.0 Å². The Hall–Kier alpha value is -6.64. The molecule has 0 fully saturated rings. The Morgan fingerprint density at radius 2 is 0.760 bits per heavy atom. The SMILES string of the molecule is c1ccc(-c2ccc(Nc3cccc(-c4cccc(-c5ccc(-c6ccc7c(c6)c6ccccc6n7-c6ccccc6)cc5)c4)c3)cc2)cc1. The van der Waals surface area contributed by atoms with Crippen molar-refractivity contribution in [3.63, 3.8) is 0 Å². The molecule has 1 N–H and O–H groups in total. The van der Waals surface area contributed by atoms with Crippen molar-refractivity contribution in [3.05, 3.63) is 200 Å². The first-order valence-electron chi connectivity index (χ1n) is 17.1. The zero-order chi connectivity index (χ0) is 33.3. The second kappa shape index (κ2) is 12.8. The van der Waals surface area contributed by atoms with Crippen LogP contribution in [0.15, 0.2) is 200 Å². The van der Waals surface area contributed by atoms with Gasteiger partial charge in [-0.3, -0.25) is 0 Å². The second-order valence-electron chi connectivity index (χ2n) is 12.7. The Balaban J connectivity index is 0.969. The van der Waals surface area contributed by atoms with Gasteiger partial charge < -0.3 is 9.88 Å². The molecule has 2 nitrogen and oxygen atoms in total.